The van der Waals surface area contributed by atoms with E-state index < -0.39 is 0 Å². The Hall–Kier alpha value is 0.120. The standard InChI is InChI=1S/C14H31N2O2.HI/c1-14(2,3)18-13(17)9-7-10-15-11-8-12-16(4,5)6;/h15H,7-12H2,1-6H3;1H/q+1;/p-1. The number of carbonyl (C=O) groups is 1. The van der Waals surface area contributed by atoms with Gasteiger partial charge in [0, 0.05) is 19.4 Å². The van der Waals surface area contributed by atoms with Crippen LogP contribution in [-0.2, 0) is 9.53 Å². The third kappa shape index (κ3) is 18.1. The van der Waals surface area contributed by atoms with Gasteiger partial charge in [0.15, 0.2) is 0 Å². The lowest BCUT2D eigenvalue weighted by Crippen LogP contribution is -3.00. The second-order valence-corrected chi connectivity index (χ2v) is 6.81. The van der Waals surface area contributed by atoms with E-state index in [1.54, 1.807) is 0 Å². The van der Waals surface area contributed by atoms with Gasteiger partial charge in [-0.25, -0.2) is 0 Å². The fourth-order valence-electron chi connectivity index (χ4n) is 1.55. The molecule has 4 nitrogen and oxygen atoms in total. The van der Waals surface area contributed by atoms with Crippen molar-refractivity contribution in [3.05, 3.63) is 0 Å². The molecule has 0 spiro atoms. The average molecular weight is 386 g/mol. The Morgan fingerprint density at radius 3 is 2.11 bits per heavy atom. The lowest BCUT2D eigenvalue weighted by atomic mass is 10.2. The van der Waals surface area contributed by atoms with E-state index in [4.69, 9.17) is 4.74 Å². The molecule has 0 unspecified atom stereocenters. The molecule has 0 aromatic rings. The van der Waals surface area contributed by atoms with Crippen molar-refractivity contribution in [3.63, 3.8) is 0 Å². The molecule has 0 rings (SSSR count). The first-order valence-electron chi connectivity index (χ1n) is 6.83. The highest BCUT2D eigenvalue weighted by Crippen LogP contribution is 2.08. The minimum atomic E-state index is -0.366. The number of hydrogen-bond acceptors (Lipinski definition) is 3. The fourth-order valence-corrected chi connectivity index (χ4v) is 1.55. The molecule has 5 heteroatoms. The normalized spacial score (nSPS) is 11.9. The maximum atomic E-state index is 11.4. The van der Waals surface area contributed by atoms with E-state index in [0.29, 0.717) is 6.42 Å². The van der Waals surface area contributed by atoms with Crippen LogP contribution < -0.4 is 29.3 Å². The molecule has 0 atom stereocenters. The maximum Gasteiger partial charge on any atom is 0.306 e. The molecule has 116 valence electrons. The molecular weight excluding hydrogens is 355 g/mol. The highest BCUT2D eigenvalue weighted by molar-refractivity contribution is 5.69. The van der Waals surface area contributed by atoms with Gasteiger partial charge in [-0.15, -0.1) is 0 Å². The van der Waals surface area contributed by atoms with Crippen LogP contribution in [0.25, 0.3) is 0 Å². The van der Waals surface area contributed by atoms with E-state index in [2.05, 4.69) is 26.5 Å². The molecule has 0 saturated heterocycles. The van der Waals surface area contributed by atoms with Gasteiger partial charge in [-0.3, -0.25) is 4.79 Å². The van der Waals surface area contributed by atoms with Gasteiger partial charge in [0.05, 0.1) is 27.7 Å². The number of hydrogen-bond donors (Lipinski definition) is 1. The molecule has 0 aliphatic carbocycles. The Kier molecular flexibility index (Phi) is 11.2. The number of carbonyl (C=O) groups excluding carboxylic acids is 1. The van der Waals surface area contributed by atoms with Crippen LogP contribution in [0.15, 0.2) is 0 Å². The molecule has 0 fully saturated rings. The van der Waals surface area contributed by atoms with Crippen molar-refractivity contribution in [2.45, 2.75) is 45.6 Å². The third-order valence-corrected chi connectivity index (χ3v) is 2.34. The van der Waals surface area contributed by atoms with Crippen LogP contribution in [-0.4, -0.2) is 56.8 Å². The second kappa shape index (κ2) is 9.94. The molecule has 0 aromatic carbocycles. The van der Waals surface area contributed by atoms with Crippen molar-refractivity contribution >= 4 is 5.97 Å². The second-order valence-electron chi connectivity index (χ2n) is 6.81. The van der Waals surface area contributed by atoms with Crippen molar-refractivity contribution < 1.29 is 38.0 Å². The molecule has 0 aliphatic heterocycles. The predicted octanol–water partition coefficient (Wildman–Crippen LogP) is -1.20. The largest absolute Gasteiger partial charge is 1.00 e. The first kappa shape index (κ1) is 21.4. The number of rotatable bonds is 8. The van der Waals surface area contributed by atoms with Crippen LogP contribution >= 0.6 is 0 Å². The molecule has 0 amide bonds. The molecule has 0 radical (unpaired) electrons. The topological polar surface area (TPSA) is 38.3 Å². The van der Waals surface area contributed by atoms with Gasteiger partial charge in [0.1, 0.15) is 5.60 Å². The monoisotopic (exact) mass is 386 g/mol. The minimum Gasteiger partial charge on any atom is -1.00 e. The Balaban J connectivity index is 0. The highest BCUT2D eigenvalue weighted by atomic mass is 127. The fraction of sp³-hybridized carbons (Fsp3) is 0.929. The lowest BCUT2D eigenvalue weighted by molar-refractivity contribution is -0.870. The van der Waals surface area contributed by atoms with Crippen molar-refractivity contribution in [1.29, 1.82) is 0 Å². The number of nitrogens with zero attached hydrogens (tertiary/aromatic N) is 1. The van der Waals surface area contributed by atoms with Gasteiger partial charge >= 0.3 is 5.97 Å². The van der Waals surface area contributed by atoms with E-state index in [0.717, 1.165) is 30.4 Å². The van der Waals surface area contributed by atoms with Crippen LogP contribution in [0.3, 0.4) is 0 Å². The van der Waals surface area contributed by atoms with Crippen LogP contribution in [0.4, 0.5) is 0 Å². The van der Waals surface area contributed by atoms with Gasteiger partial charge in [-0.1, -0.05) is 0 Å². The van der Waals surface area contributed by atoms with Gasteiger partial charge in [0.2, 0.25) is 0 Å². The highest BCUT2D eigenvalue weighted by Gasteiger charge is 2.15. The van der Waals surface area contributed by atoms with Crippen molar-refractivity contribution in [3.8, 4) is 0 Å². The summed E-state index contributed by atoms with van der Waals surface area (Å²) in [4.78, 5) is 11.4. The zero-order valence-corrected chi connectivity index (χ0v) is 15.5. The van der Waals surface area contributed by atoms with Crippen LogP contribution in [0.2, 0.25) is 0 Å². The summed E-state index contributed by atoms with van der Waals surface area (Å²) in [6.45, 7) is 8.76. The summed E-state index contributed by atoms with van der Waals surface area (Å²) in [5.74, 6) is -0.101. The maximum absolute atomic E-state index is 11.4. The number of nitrogens with one attached hydrogen (secondary N) is 1. The van der Waals surface area contributed by atoms with Crippen LogP contribution in [0.1, 0.15) is 40.0 Å². The molecule has 1 N–H and O–H groups in total. The molecule has 0 aromatic heterocycles. The molecule has 0 heterocycles. The van der Waals surface area contributed by atoms with E-state index >= 15 is 0 Å². The Morgan fingerprint density at radius 2 is 1.63 bits per heavy atom. The summed E-state index contributed by atoms with van der Waals surface area (Å²) in [5, 5.41) is 3.36. The third-order valence-electron chi connectivity index (χ3n) is 2.34. The predicted molar refractivity (Wildman–Crippen MR) is 75.5 cm³/mol. The van der Waals surface area contributed by atoms with Gasteiger partial charge in [-0.2, -0.15) is 0 Å². The number of esters is 1. The number of ether oxygens (including phenoxy) is 1. The number of halogens is 1. The van der Waals surface area contributed by atoms with Crippen LogP contribution in [0, 0.1) is 0 Å². The Bertz CT molecular complexity index is 245. The van der Waals surface area contributed by atoms with E-state index in [-0.39, 0.29) is 35.5 Å². The minimum absolute atomic E-state index is 0. The first-order valence-corrected chi connectivity index (χ1v) is 6.83. The molecule has 0 bridgehead atoms. The van der Waals surface area contributed by atoms with Gasteiger partial charge < -0.3 is 38.5 Å². The molecular formula is C14H31IN2O2. The van der Waals surface area contributed by atoms with Crippen molar-refractivity contribution in [1.82, 2.24) is 5.32 Å². The van der Waals surface area contributed by atoms with Crippen molar-refractivity contribution in [2.75, 3.05) is 40.8 Å². The quantitative estimate of drug-likeness (QED) is 0.247. The lowest BCUT2D eigenvalue weighted by Gasteiger charge is -2.23. The summed E-state index contributed by atoms with van der Waals surface area (Å²) in [7, 11) is 6.59. The molecule has 0 saturated carbocycles. The molecule has 19 heavy (non-hydrogen) atoms. The smallest absolute Gasteiger partial charge is 0.306 e. The summed E-state index contributed by atoms with van der Waals surface area (Å²) < 4.78 is 6.24. The average Bonchev–Trinajstić information content (AvgIpc) is 2.11. The van der Waals surface area contributed by atoms with E-state index in [1.807, 2.05) is 20.8 Å². The summed E-state index contributed by atoms with van der Waals surface area (Å²) in [5.41, 5.74) is -0.366. The van der Waals surface area contributed by atoms with E-state index in [9.17, 15) is 4.79 Å². The molecule has 0 aliphatic rings. The summed E-state index contributed by atoms with van der Waals surface area (Å²) in [6.07, 6.45) is 2.51. The SMILES string of the molecule is CC(C)(C)OC(=O)CCCNCCC[N+](C)(C)C.[I-]. The summed E-state index contributed by atoms with van der Waals surface area (Å²) in [6, 6.07) is 0. The van der Waals surface area contributed by atoms with Crippen molar-refractivity contribution in [2.24, 2.45) is 0 Å². The van der Waals surface area contributed by atoms with Crippen LogP contribution in [0.5, 0.6) is 0 Å². The zero-order chi connectivity index (χ0) is 14.2. The van der Waals surface area contributed by atoms with E-state index in [1.165, 1.54) is 6.54 Å². The Morgan fingerprint density at radius 1 is 1.11 bits per heavy atom. The first-order chi connectivity index (χ1) is 8.10. The van der Waals surface area contributed by atoms with Gasteiger partial charge in [0.25, 0.3) is 0 Å². The zero-order valence-electron chi connectivity index (χ0n) is 13.4. The number of quaternary nitrogens is 1. The van der Waals surface area contributed by atoms with Gasteiger partial charge in [-0.05, 0) is 33.7 Å². The Labute approximate surface area is 135 Å². The summed E-state index contributed by atoms with van der Waals surface area (Å²) >= 11 is 0.